The van der Waals surface area contributed by atoms with Gasteiger partial charge in [-0.1, -0.05) is 0 Å². The molecule has 0 aliphatic carbocycles. The molecule has 0 amide bonds. The second-order valence-corrected chi connectivity index (χ2v) is 4.72. The molecule has 0 N–H and O–H groups in total. The van der Waals surface area contributed by atoms with Gasteiger partial charge in [0.05, 0.1) is 0 Å². The molecule has 2 saturated heterocycles. The molecule has 2 nitrogen and oxygen atoms in total. The third kappa shape index (κ3) is 1.39. The largest absolute Gasteiger partial charge is 0.300 e. The number of alkyl halides is 1. The smallest absolute Gasteiger partial charge is 0.134 e. The van der Waals surface area contributed by atoms with Crippen LogP contribution in [0.3, 0.4) is 0 Å². The van der Waals surface area contributed by atoms with Crippen LogP contribution in [0.4, 0.5) is 4.39 Å². The lowest BCUT2D eigenvalue weighted by atomic mass is 9.90. The van der Waals surface area contributed by atoms with Crippen molar-refractivity contribution in [1.82, 2.24) is 4.90 Å². The van der Waals surface area contributed by atoms with E-state index in [0.29, 0.717) is 13.0 Å². The fourth-order valence-corrected chi connectivity index (χ4v) is 2.77. The second-order valence-electron chi connectivity index (χ2n) is 4.72. The Balaban J connectivity index is 2.10. The predicted octanol–water partition coefficient (Wildman–Crippen LogP) is 1.40. The lowest BCUT2D eigenvalue weighted by Crippen LogP contribution is -2.34. The quantitative estimate of drug-likeness (QED) is 0.615. The Labute approximate surface area is 78.1 Å². The van der Waals surface area contributed by atoms with Gasteiger partial charge in [-0.15, -0.1) is 0 Å². The van der Waals surface area contributed by atoms with Gasteiger partial charge in [-0.3, -0.25) is 9.69 Å². The summed E-state index contributed by atoms with van der Waals surface area (Å²) in [5, 5.41) is 0. The topological polar surface area (TPSA) is 20.3 Å². The maximum atomic E-state index is 13.1. The van der Waals surface area contributed by atoms with E-state index in [9.17, 15) is 9.18 Å². The third-order valence-corrected chi connectivity index (χ3v) is 3.55. The average molecular weight is 185 g/mol. The van der Waals surface area contributed by atoms with Crippen LogP contribution in [0.2, 0.25) is 0 Å². The highest BCUT2D eigenvalue weighted by Crippen LogP contribution is 2.42. The summed E-state index contributed by atoms with van der Waals surface area (Å²) in [6.45, 7) is 5.02. The van der Waals surface area contributed by atoms with Crippen LogP contribution in [0, 0.1) is 5.92 Å². The molecule has 74 valence electrons. The van der Waals surface area contributed by atoms with Gasteiger partial charge in [0.1, 0.15) is 12.0 Å². The Morgan fingerprint density at radius 1 is 1.46 bits per heavy atom. The molecule has 2 heterocycles. The molecule has 2 fully saturated rings. The summed E-state index contributed by atoms with van der Waals surface area (Å²) < 4.78 is 13.1. The maximum absolute atomic E-state index is 13.1. The zero-order chi connectivity index (χ0) is 9.64. The number of halogens is 1. The van der Waals surface area contributed by atoms with Gasteiger partial charge in [-0.2, -0.15) is 0 Å². The van der Waals surface area contributed by atoms with Crippen molar-refractivity contribution in [2.75, 3.05) is 13.1 Å². The normalized spacial score (nSPS) is 45.2. The molecule has 0 radical (unpaired) electrons. The fourth-order valence-electron chi connectivity index (χ4n) is 2.77. The first kappa shape index (κ1) is 9.13. The van der Waals surface area contributed by atoms with Crippen LogP contribution in [0.25, 0.3) is 0 Å². The predicted molar refractivity (Wildman–Crippen MR) is 48.3 cm³/mol. The van der Waals surface area contributed by atoms with E-state index in [1.54, 1.807) is 6.92 Å². The van der Waals surface area contributed by atoms with Crippen LogP contribution < -0.4 is 0 Å². The van der Waals surface area contributed by atoms with E-state index in [2.05, 4.69) is 11.8 Å². The van der Waals surface area contributed by atoms with Crippen LogP contribution in [-0.4, -0.2) is 35.5 Å². The first-order chi connectivity index (χ1) is 6.01. The molecule has 3 atom stereocenters. The van der Waals surface area contributed by atoms with Crippen LogP contribution in [0.15, 0.2) is 0 Å². The molecule has 0 saturated carbocycles. The lowest BCUT2D eigenvalue weighted by molar-refractivity contribution is -0.120. The highest BCUT2D eigenvalue weighted by molar-refractivity contribution is 5.79. The summed E-state index contributed by atoms with van der Waals surface area (Å²) in [6.07, 6.45) is 0.775. The molecular formula is C10H16FNO. The number of carbonyl (C=O) groups excluding carboxylic acids is 1. The van der Waals surface area contributed by atoms with E-state index in [0.717, 1.165) is 13.0 Å². The van der Waals surface area contributed by atoms with Crippen LogP contribution in [0.5, 0.6) is 0 Å². The minimum Gasteiger partial charge on any atom is -0.300 e. The van der Waals surface area contributed by atoms with Crippen molar-refractivity contribution >= 4 is 5.78 Å². The number of carbonyl (C=O) groups is 1. The maximum Gasteiger partial charge on any atom is 0.134 e. The minimum absolute atomic E-state index is 0.0320. The van der Waals surface area contributed by atoms with Crippen molar-refractivity contribution in [3.8, 4) is 0 Å². The Hall–Kier alpha value is -0.440. The SMILES string of the molecule is CC(=O)C1CN2C[C@H](F)C[C@@]2(C)C1. The number of Topliss-reactive ketones (excluding diaryl/α,β-unsaturated/α-hetero) is 1. The van der Waals surface area contributed by atoms with Gasteiger partial charge in [0.25, 0.3) is 0 Å². The molecule has 0 bridgehead atoms. The van der Waals surface area contributed by atoms with E-state index < -0.39 is 6.17 Å². The Kier molecular flexibility index (Phi) is 1.95. The van der Waals surface area contributed by atoms with Crippen molar-refractivity contribution < 1.29 is 9.18 Å². The van der Waals surface area contributed by atoms with E-state index in [4.69, 9.17) is 0 Å². The Morgan fingerprint density at radius 2 is 2.15 bits per heavy atom. The summed E-state index contributed by atoms with van der Waals surface area (Å²) in [6, 6.07) is 0. The number of hydrogen-bond acceptors (Lipinski definition) is 2. The molecule has 2 aliphatic rings. The fraction of sp³-hybridized carbons (Fsp3) is 0.900. The Morgan fingerprint density at radius 3 is 2.69 bits per heavy atom. The standard InChI is InChI=1S/C10H16FNO/c1-7(13)8-3-10(2)4-9(11)6-12(10)5-8/h8-9H,3-6H2,1-2H3/t8?,9-,10-/m1/s1. The summed E-state index contributed by atoms with van der Waals surface area (Å²) in [4.78, 5) is 13.3. The van der Waals surface area contributed by atoms with Crippen molar-refractivity contribution in [2.24, 2.45) is 5.92 Å². The van der Waals surface area contributed by atoms with E-state index in [-0.39, 0.29) is 17.2 Å². The molecule has 1 unspecified atom stereocenters. The lowest BCUT2D eigenvalue weighted by Gasteiger charge is -2.25. The molecule has 0 aromatic carbocycles. The average Bonchev–Trinajstić information content (AvgIpc) is 2.38. The molecule has 2 aliphatic heterocycles. The van der Waals surface area contributed by atoms with E-state index in [1.807, 2.05) is 0 Å². The first-order valence-electron chi connectivity index (χ1n) is 4.91. The number of hydrogen-bond donors (Lipinski definition) is 0. The summed E-state index contributed by atoms with van der Waals surface area (Å²) in [5.41, 5.74) is -0.0320. The highest BCUT2D eigenvalue weighted by atomic mass is 19.1. The van der Waals surface area contributed by atoms with Gasteiger partial charge in [0, 0.05) is 24.5 Å². The zero-order valence-corrected chi connectivity index (χ0v) is 8.22. The van der Waals surface area contributed by atoms with Gasteiger partial charge in [-0.05, 0) is 26.7 Å². The first-order valence-corrected chi connectivity index (χ1v) is 4.91. The summed E-state index contributed by atoms with van der Waals surface area (Å²) in [5.74, 6) is 0.406. The van der Waals surface area contributed by atoms with Gasteiger partial charge >= 0.3 is 0 Å². The van der Waals surface area contributed by atoms with Crippen LogP contribution >= 0.6 is 0 Å². The number of ketones is 1. The van der Waals surface area contributed by atoms with E-state index in [1.165, 1.54) is 0 Å². The molecule has 2 rings (SSSR count). The molecule has 0 aromatic heterocycles. The third-order valence-electron chi connectivity index (χ3n) is 3.55. The second kappa shape index (κ2) is 2.77. The molecule has 3 heteroatoms. The van der Waals surface area contributed by atoms with Crippen molar-refractivity contribution in [3.05, 3.63) is 0 Å². The highest BCUT2D eigenvalue weighted by Gasteiger charge is 2.49. The van der Waals surface area contributed by atoms with Gasteiger partial charge in [0.15, 0.2) is 0 Å². The minimum atomic E-state index is -0.682. The Bertz CT molecular complexity index is 243. The number of rotatable bonds is 1. The molecule has 0 spiro atoms. The van der Waals surface area contributed by atoms with Crippen molar-refractivity contribution in [3.63, 3.8) is 0 Å². The van der Waals surface area contributed by atoms with Gasteiger partial charge in [0.2, 0.25) is 0 Å². The number of fused-ring (bicyclic) bond motifs is 1. The summed E-state index contributed by atoms with van der Waals surface area (Å²) in [7, 11) is 0. The number of nitrogens with zero attached hydrogens (tertiary/aromatic N) is 1. The monoisotopic (exact) mass is 185 g/mol. The van der Waals surface area contributed by atoms with Crippen LogP contribution in [-0.2, 0) is 4.79 Å². The van der Waals surface area contributed by atoms with E-state index >= 15 is 0 Å². The molecule has 13 heavy (non-hydrogen) atoms. The molecule has 0 aromatic rings. The van der Waals surface area contributed by atoms with Crippen LogP contribution in [0.1, 0.15) is 26.7 Å². The van der Waals surface area contributed by atoms with Gasteiger partial charge in [-0.25, -0.2) is 4.39 Å². The van der Waals surface area contributed by atoms with Crippen molar-refractivity contribution in [1.29, 1.82) is 0 Å². The summed E-state index contributed by atoms with van der Waals surface area (Å²) >= 11 is 0. The van der Waals surface area contributed by atoms with Gasteiger partial charge < -0.3 is 0 Å². The van der Waals surface area contributed by atoms with Crippen molar-refractivity contribution in [2.45, 2.75) is 38.4 Å². The molecular weight excluding hydrogens is 169 g/mol. The zero-order valence-electron chi connectivity index (χ0n) is 8.22.